The van der Waals surface area contributed by atoms with Gasteiger partial charge in [-0.05, 0) is 38.7 Å². The Balaban J connectivity index is 1.13. The van der Waals surface area contributed by atoms with Gasteiger partial charge < -0.3 is 18.9 Å². The molecule has 0 bridgehead atoms. The molecule has 6 heteroatoms. The van der Waals surface area contributed by atoms with E-state index in [1.807, 2.05) is 41.4 Å². The van der Waals surface area contributed by atoms with Crippen LogP contribution in [-0.4, -0.2) is 45.7 Å². The first-order chi connectivity index (χ1) is 16.0. The highest BCUT2D eigenvalue weighted by Crippen LogP contribution is 2.41. The Morgan fingerprint density at radius 3 is 2.70 bits per heavy atom. The normalized spacial score (nSPS) is 17.5. The molecule has 0 radical (unpaired) electrons. The molecule has 5 rings (SSSR count). The van der Waals surface area contributed by atoms with Crippen LogP contribution in [0.2, 0.25) is 0 Å². The molecule has 172 valence electrons. The van der Waals surface area contributed by atoms with Crippen molar-refractivity contribution in [2.45, 2.75) is 45.3 Å². The van der Waals surface area contributed by atoms with Gasteiger partial charge in [0.2, 0.25) is 0 Å². The summed E-state index contributed by atoms with van der Waals surface area (Å²) in [7, 11) is 0. The van der Waals surface area contributed by atoms with Crippen molar-refractivity contribution in [3.63, 3.8) is 0 Å². The number of fused-ring (bicyclic) bond motifs is 1. The van der Waals surface area contributed by atoms with Gasteiger partial charge >= 0.3 is 0 Å². The van der Waals surface area contributed by atoms with Crippen LogP contribution in [0.15, 0.2) is 60.9 Å². The van der Waals surface area contributed by atoms with Gasteiger partial charge in [0.1, 0.15) is 11.4 Å². The molecule has 2 aromatic carbocycles. The fraction of sp³-hybridized carbons (Fsp3) is 0.407. The minimum Gasteiger partial charge on any atom is -0.483 e. The molecule has 2 aliphatic heterocycles. The Kier molecular flexibility index (Phi) is 5.83. The molecular weight excluding hydrogens is 414 g/mol. The van der Waals surface area contributed by atoms with Crippen molar-refractivity contribution < 1.29 is 14.3 Å². The van der Waals surface area contributed by atoms with Crippen LogP contribution in [0.4, 0.5) is 0 Å². The fourth-order valence-electron chi connectivity index (χ4n) is 4.88. The number of likely N-dealkylation sites (tertiary alicyclic amines) is 1. The SMILES string of the molecule is CC1(C)Cc2cccc(OCC(=O)N3CCC(Cn4ccnc4-c4ccccc4)CC3)c2O1. The van der Waals surface area contributed by atoms with Crippen LogP contribution < -0.4 is 9.47 Å². The Labute approximate surface area is 195 Å². The highest BCUT2D eigenvalue weighted by Gasteiger charge is 2.32. The molecule has 3 aromatic rings. The number of hydrogen-bond donors (Lipinski definition) is 0. The van der Waals surface area contributed by atoms with E-state index >= 15 is 0 Å². The van der Waals surface area contributed by atoms with E-state index in [9.17, 15) is 4.79 Å². The van der Waals surface area contributed by atoms with Gasteiger partial charge in [-0.3, -0.25) is 4.79 Å². The average Bonchev–Trinajstić information content (AvgIpc) is 3.41. The number of para-hydroxylation sites is 1. The predicted octanol–water partition coefficient (Wildman–Crippen LogP) is 4.58. The van der Waals surface area contributed by atoms with Crippen LogP contribution in [0.25, 0.3) is 11.4 Å². The summed E-state index contributed by atoms with van der Waals surface area (Å²) in [5.74, 6) is 3.01. The van der Waals surface area contributed by atoms with Gasteiger partial charge in [0.05, 0.1) is 0 Å². The zero-order valence-electron chi connectivity index (χ0n) is 19.4. The number of piperidine rings is 1. The number of imidazole rings is 1. The molecule has 33 heavy (non-hydrogen) atoms. The largest absolute Gasteiger partial charge is 0.483 e. The summed E-state index contributed by atoms with van der Waals surface area (Å²) < 4.78 is 14.2. The molecule has 1 fully saturated rings. The lowest BCUT2D eigenvalue weighted by atomic mass is 9.96. The van der Waals surface area contributed by atoms with Gasteiger partial charge in [-0.2, -0.15) is 0 Å². The minimum absolute atomic E-state index is 0.0379. The summed E-state index contributed by atoms with van der Waals surface area (Å²) in [5, 5.41) is 0. The number of carbonyl (C=O) groups is 1. The first-order valence-corrected chi connectivity index (χ1v) is 11.8. The van der Waals surface area contributed by atoms with Crippen molar-refractivity contribution in [2.24, 2.45) is 5.92 Å². The number of aromatic nitrogens is 2. The summed E-state index contributed by atoms with van der Waals surface area (Å²) in [5.41, 5.74) is 2.04. The van der Waals surface area contributed by atoms with Crippen LogP contribution in [0.5, 0.6) is 11.5 Å². The minimum atomic E-state index is -0.233. The van der Waals surface area contributed by atoms with E-state index < -0.39 is 0 Å². The quantitative estimate of drug-likeness (QED) is 0.557. The third-order valence-electron chi connectivity index (χ3n) is 6.58. The second kappa shape index (κ2) is 8.93. The van der Waals surface area contributed by atoms with Gasteiger partial charge in [0.15, 0.2) is 18.1 Å². The zero-order valence-corrected chi connectivity index (χ0v) is 19.4. The van der Waals surface area contributed by atoms with E-state index in [0.717, 1.165) is 61.6 Å². The number of nitrogens with zero attached hydrogens (tertiary/aromatic N) is 3. The molecular formula is C27H31N3O3. The molecule has 0 unspecified atom stereocenters. The molecule has 6 nitrogen and oxygen atoms in total. The maximum Gasteiger partial charge on any atom is 0.260 e. The number of rotatable bonds is 6. The summed E-state index contributed by atoms with van der Waals surface area (Å²) in [4.78, 5) is 19.3. The second-order valence-corrected chi connectivity index (χ2v) is 9.67. The number of carbonyl (C=O) groups excluding carboxylic acids is 1. The number of amides is 1. The molecule has 1 amide bonds. The topological polar surface area (TPSA) is 56.6 Å². The van der Waals surface area contributed by atoms with E-state index in [4.69, 9.17) is 9.47 Å². The van der Waals surface area contributed by atoms with Crippen molar-refractivity contribution in [2.75, 3.05) is 19.7 Å². The number of ether oxygens (including phenoxy) is 2. The lowest BCUT2D eigenvalue weighted by Gasteiger charge is -2.32. The van der Waals surface area contributed by atoms with Crippen LogP contribution in [-0.2, 0) is 17.8 Å². The van der Waals surface area contributed by atoms with E-state index in [1.54, 1.807) is 0 Å². The van der Waals surface area contributed by atoms with Crippen molar-refractivity contribution in [3.05, 3.63) is 66.5 Å². The molecule has 0 aliphatic carbocycles. The first kappa shape index (κ1) is 21.6. The number of benzene rings is 2. The summed E-state index contributed by atoms with van der Waals surface area (Å²) in [6, 6.07) is 16.2. The van der Waals surface area contributed by atoms with Gasteiger partial charge in [-0.1, -0.05) is 42.5 Å². The van der Waals surface area contributed by atoms with Gasteiger partial charge in [-0.15, -0.1) is 0 Å². The van der Waals surface area contributed by atoms with Crippen LogP contribution >= 0.6 is 0 Å². The Hall–Kier alpha value is -3.28. The second-order valence-electron chi connectivity index (χ2n) is 9.67. The molecule has 0 saturated carbocycles. The van der Waals surface area contributed by atoms with Gasteiger partial charge in [0, 0.05) is 49.6 Å². The summed E-state index contributed by atoms with van der Waals surface area (Å²) in [6.45, 7) is 6.63. The molecule has 0 N–H and O–H groups in total. The summed E-state index contributed by atoms with van der Waals surface area (Å²) in [6.07, 6.45) is 6.73. The van der Waals surface area contributed by atoms with E-state index in [1.165, 1.54) is 0 Å². The zero-order chi connectivity index (χ0) is 22.8. The first-order valence-electron chi connectivity index (χ1n) is 11.8. The van der Waals surface area contributed by atoms with Crippen molar-refractivity contribution in [1.29, 1.82) is 0 Å². The van der Waals surface area contributed by atoms with Gasteiger partial charge in [-0.25, -0.2) is 4.98 Å². The molecule has 2 aliphatic rings. The molecule has 1 saturated heterocycles. The highest BCUT2D eigenvalue weighted by atomic mass is 16.5. The van der Waals surface area contributed by atoms with E-state index in [0.29, 0.717) is 11.7 Å². The highest BCUT2D eigenvalue weighted by molar-refractivity contribution is 5.78. The van der Waals surface area contributed by atoms with Crippen molar-refractivity contribution >= 4 is 5.91 Å². The smallest absolute Gasteiger partial charge is 0.260 e. The standard InChI is InChI=1S/C27H31N3O3/c1-27(2)17-22-9-6-10-23(25(22)33-27)32-19-24(31)29-14-11-20(12-15-29)18-30-16-13-28-26(30)21-7-4-3-5-8-21/h3-10,13,16,20H,11-12,14-15,17-19H2,1-2H3. The van der Waals surface area contributed by atoms with Crippen LogP contribution in [0, 0.1) is 5.92 Å². The molecule has 1 aromatic heterocycles. The van der Waals surface area contributed by atoms with Crippen LogP contribution in [0.3, 0.4) is 0 Å². The third kappa shape index (κ3) is 4.75. The number of hydrogen-bond acceptors (Lipinski definition) is 4. The monoisotopic (exact) mass is 445 g/mol. The molecule has 0 spiro atoms. The predicted molar refractivity (Wildman–Crippen MR) is 127 cm³/mol. The average molecular weight is 446 g/mol. The molecule has 0 atom stereocenters. The lowest BCUT2D eigenvalue weighted by molar-refractivity contribution is -0.134. The lowest BCUT2D eigenvalue weighted by Crippen LogP contribution is -2.41. The van der Waals surface area contributed by atoms with Crippen LogP contribution in [0.1, 0.15) is 32.3 Å². The van der Waals surface area contributed by atoms with E-state index in [2.05, 4.69) is 47.8 Å². The fourth-order valence-corrected chi connectivity index (χ4v) is 4.88. The Morgan fingerprint density at radius 2 is 1.91 bits per heavy atom. The molecule has 3 heterocycles. The third-order valence-corrected chi connectivity index (χ3v) is 6.58. The van der Waals surface area contributed by atoms with Gasteiger partial charge in [0.25, 0.3) is 5.91 Å². The Bertz CT molecular complexity index is 1110. The van der Waals surface area contributed by atoms with Crippen molar-refractivity contribution in [3.8, 4) is 22.9 Å². The maximum atomic E-state index is 12.8. The summed E-state index contributed by atoms with van der Waals surface area (Å²) >= 11 is 0. The van der Waals surface area contributed by atoms with E-state index in [-0.39, 0.29) is 18.1 Å². The Morgan fingerprint density at radius 1 is 1.12 bits per heavy atom. The van der Waals surface area contributed by atoms with Crippen molar-refractivity contribution in [1.82, 2.24) is 14.5 Å². The maximum absolute atomic E-state index is 12.8.